The maximum absolute atomic E-state index is 11.3. The molecule has 2 N–H and O–H groups in total. The van der Waals surface area contributed by atoms with Crippen molar-refractivity contribution in [2.45, 2.75) is 19.4 Å². The molecule has 1 aromatic rings. The van der Waals surface area contributed by atoms with E-state index in [1.807, 2.05) is 0 Å². The molecule has 15 heavy (non-hydrogen) atoms. The highest BCUT2D eigenvalue weighted by Crippen LogP contribution is 2.11. The van der Waals surface area contributed by atoms with E-state index in [9.17, 15) is 4.79 Å². The van der Waals surface area contributed by atoms with Crippen molar-refractivity contribution < 1.29 is 9.90 Å². The zero-order chi connectivity index (χ0) is 11.1. The van der Waals surface area contributed by atoms with Crippen LogP contribution in [-0.2, 0) is 11.4 Å². The molecule has 0 saturated heterocycles. The van der Waals surface area contributed by atoms with Crippen LogP contribution in [0.3, 0.4) is 0 Å². The zero-order valence-electron chi connectivity index (χ0n) is 8.57. The number of hydrogen-bond acceptors (Lipinski definition) is 2. The largest absolute Gasteiger partial charge is 0.392 e. The molecule has 0 radical (unpaired) electrons. The minimum Gasteiger partial charge on any atom is -0.392 e. The van der Waals surface area contributed by atoms with E-state index in [2.05, 4.69) is 11.9 Å². The van der Waals surface area contributed by atoms with E-state index in [1.54, 1.807) is 30.3 Å². The quantitative estimate of drug-likeness (QED) is 0.723. The van der Waals surface area contributed by atoms with Gasteiger partial charge in [0, 0.05) is 12.1 Å². The monoisotopic (exact) mass is 205 g/mol. The van der Waals surface area contributed by atoms with Gasteiger partial charge in [0.15, 0.2) is 0 Å². The third-order valence-electron chi connectivity index (χ3n) is 1.97. The van der Waals surface area contributed by atoms with E-state index in [0.717, 1.165) is 11.3 Å². The first-order valence-corrected chi connectivity index (χ1v) is 4.87. The molecule has 80 valence electrons. The fourth-order valence-electron chi connectivity index (χ4n) is 1.20. The van der Waals surface area contributed by atoms with Crippen LogP contribution in [-0.4, -0.2) is 11.0 Å². The Bertz CT molecular complexity index is 347. The SMILES string of the molecule is C=CCCC(=O)Nc1cccc(CO)c1. The minimum atomic E-state index is -0.0370. The maximum Gasteiger partial charge on any atom is 0.224 e. The molecule has 3 nitrogen and oxygen atoms in total. The molecule has 0 aliphatic carbocycles. The lowest BCUT2D eigenvalue weighted by Gasteiger charge is -2.05. The number of amides is 1. The van der Waals surface area contributed by atoms with E-state index < -0.39 is 0 Å². The van der Waals surface area contributed by atoms with Crippen LogP contribution in [0.5, 0.6) is 0 Å². The van der Waals surface area contributed by atoms with E-state index in [0.29, 0.717) is 12.8 Å². The number of carbonyl (C=O) groups is 1. The number of aliphatic hydroxyl groups excluding tert-OH is 1. The lowest BCUT2D eigenvalue weighted by Crippen LogP contribution is -2.10. The van der Waals surface area contributed by atoms with Gasteiger partial charge in [-0.1, -0.05) is 18.2 Å². The summed E-state index contributed by atoms with van der Waals surface area (Å²) in [6.07, 6.45) is 2.82. The van der Waals surface area contributed by atoms with Gasteiger partial charge in [0.05, 0.1) is 6.61 Å². The topological polar surface area (TPSA) is 49.3 Å². The Labute approximate surface area is 89.4 Å². The van der Waals surface area contributed by atoms with Crippen LogP contribution in [0.25, 0.3) is 0 Å². The van der Waals surface area contributed by atoms with Gasteiger partial charge in [0.1, 0.15) is 0 Å². The average molecular weight is 205 g/mol. The van der Waals surface area contributed by atoms with Crippen LogP contribution in [0, 0.1) is 0 Å². The van der Waals surface area contributed by atoms with Crippen LogP contribution < -0.4 is 5.32 Å². The fraction of sp³-hybridized carbons (Fsp3) is 0.250. The Morgan fingerprint density at radius 1 is 1.53 bits per heavy atom. The van der Waals surface area contributed by atoms with Crippen LogP contribution in [0.2, 0.25) is 0 Å². The van der Waals surface area contributed by atoms with E-state index in [-0.39, 0.29) is 12.5 Å². The number of benzene rings is 1. The smallest absolute Gasteiger partial charge is 0.224 e. The molecular weight excluding hydrogens is 190 g/mol. The van der Waals surface area contributed by atoms with Crippen LogP contribution >= 0.6 is 0 Å². The summed E-state index contributed by atoms with van der Waals surface area (Å²) in [5, 5.41) is 11.7. The highest BCUT2D eigenvalue weighted by molar-refractivity contribution is 5.90. The van der Waals surface area contributed by atoms with E-state index in [4.69, 9.17) is 5.11 Å². The number of carbonyl (C=O) groups excluding carboxylic acids is 1. The Morgan fingerprint density at radius 2 is 2.33 bits per heavy atom. The van der Waals surface area contributed by atoms with Gasteiger partial charge in [-0.05, 0) is 24.1 Å². The number of anilines is 1. The van der Waals surface area contributed by atoms with Crippen molar-refractivity contribution in [3.8, 4) is 0 Å². The van der Waals surface area contributed by atoms with Crippen LogP contribution in [0.15, 0.2) is 36.9 Å². The van der Waals surface area contributed by atoms with Gasteiger partial charge >= 0.3 is 0 Å². The molecule has 0 aromatic heterocycles. The number of rotatable bonds is 5. The molecule has 0 atom stereocenters. The fourth-order valence-corrected chi connectivity index (χ4v) is 1.20. The average Bonchev–Trinajstić information content (AvgIpc) is 2.26. The second-order valence-electron chi connectivity index (χ2n) is 3.23. The highest BCUT2D eigenvalue weighted by atomic mass is 16.3. The van der Waals surface area contributed by atoms with E-state index in [1.165, 1.54) is 0 Å². The molecule has 0 unspecified atom stereocenters. The molecule has 0 aliphatic heterocycles. The van der Waals surface area contributed by atoms with Crippen molar-refractivity contribution in [2.24, 2.45) is 0 Å². The van der Waals surface area contributed by atoms with Crippen molar-refractivity contribution in [1.29, 1.82) is 0 Å². The Hall–Kier alpha value is -1.61. The van der Waals surface area contributed by atoms with Gasteiger partial charge in [-0.3, -0.25) is 4.79 Å². The van der Waals surface area contributed by atoms with Crippen molar-refractivity contribution in [3.05, 3.63) is 42.5 Å². The van der Waals surface area contributed by atoms with Crippen molar-refractivity contribution in [2.75, 3.05) is 5.32 Å². The molecule has 1 amide bonds. The van der Waals surface area contributed by atoms with Gasteiger partial charge in [0.2, 0.25) is 5.91 Å². The van der Waals surface area contributed by atoms with Crippen molar-refractivity contribution in [3.63, 3.8) is 0 Å². The van der Waals surface area contributed by atoms with Gasteiger partial charge in [-0.2, -0.15) is 0 Å². The second-order valence-corrected chi connectivity index (χ2v) is 3.23. The molecule has 3 heteroatoms. The highest BCUT2D eigenvalue weighted by Gasteiger charge is 2.01. The number of hydrogen-bond donors (Lipinski definition) is 2. The van der Waals surface area contributed by atoms with Crippen molar-refractivity contribution in [1.82, 2.24) is 0 Å². The van der Waals surface area contributed by atoms with Crippen LogP contribution in [0.4, 0.5) is 5.69 Å². The first-order chi connectivity index (χ1) is 7.26. The first-order valence-electron chi connectivity index (χ1n) is 4.87. The van der Waals surface area contributed by atoms with Crippen LogP contribution in [0.1, 0.15) is 18.4 Å². The van der Waals surface area contributed by atoms with Gasteiger partial charge < -0.3 is 10.4 Å². The molecule has 1 rings (SSSR count). The summed E-state index contributed by atoms with van der Waals surface area (Å²) in [6.45, 7) is 3.54. The lowest BCUT2D eigenvalue weighted by atomic mass is 10.2. The van der Waals surface area contributed by atoms with E-state index >= 15 is 0 Å². The summed E-state index contributed by atoms with van der Waals surface area (Å²) in [5.41, 5.74) is 1.51. The van der Waals surface area contributed by atoms with Gasteiger partial charge in [0.25, 0.3) is 0 Å². The van der Waals surface area contributed by atoms with Gasteiger partial charge in [-0.15, -0.1) is 6.58 Å². The minimum absolute atomic E-state index is 0.0175. The summed E-state index contributed by atoms with van der Waals surface area (Å²) < 4.78 is 0. The molecule has 0 heterocycles. The lowest BCUT2D eigenvalue weighted by molar-refractivity contribution is -0.116. The predicted molar refractivity (Wildman–Crippen MR) is 60.4 cm³/mol. The summed E-state index contributed by atoms with van der Waals surface area (Å²) in [6, 6.07) is 7.16. The molecule has 0 fully saturated rings. The Morgan fingerprint density at radius 3 is 3.00 bits per heavy atom. The number of aliphatic hydroxyl groups is 1. The molecule has 0 saturated carbocycles. The molecular formula is C12H15NO2. The number of allylic oxidation sites excluding steroid dienone is 1. The summed E-state index contributed by atoms with van der Waals surface area (Å²) in [5.74, 6) is -0.0370. The number of nitrogens with one attached hydrogen (secondary N) is 1. The summed E-state index contributed by atoms with van der Waals surface area (Å²) in [4.78, 5) is 11.3. The molecule has 1 aromatic carbocycles. The van der Waals surface area contributed by atoms with Gasteiger partial charge in [-0.25, -0.2) is 0 Å². The van der Waals surface area contributed by atoms with Crippen molar-refractivity contribution >= 4 is 11.6 Å². The predicted octanol–water partition coefficient (Wildman–Crippen LogP) is 2.08. The normalized spacial score (nSPS) is 9.67. The Kier molecular flexibility index (Phi) is 4.57. The zero-order valence-corrected chi connectivity index (χ0v) is 8.57. The third kappa shape index (κ3) is 3.95. The summed E-state index contributed by atoms with van der Waals surface area (Å²) in [7, 11) is 0. The molecule has 0 spiro atoms. The standard InChI is InChI=1S/C12H15NO2/c1-2-3-7-12(15)13-11-6-4-5-10(8-11)9-14/h2,4-6,8,14H,1,3,7,9H2,(H,13,15). The third-order valence-corrected chi connectivity index (χ3v) is 1.97. The Balaban J connectivity index is 2.55. The maximum atomic E-state index is 11.3. The first kappa shape index (κ1) is 11.5. The second kappa shape index (κ2) is 5.98. The molecule has 0 bridgehead atoms. The summed E-state index contributed by atoms with van der Waals surface area (Å²) >= 11 is 0. The molecule has 0 aliphatic rings.